The summed E-state index contributed by atoms with van der Waals surface area (Å²) in [5.74, 6) is 0.684. The monoisotopic (exact) mass is 514 g/mol. The van der Waals surface area contributed by atoms with Crippen LogP contribution in [-0.2, 0) is 23.1 Å². The zero-order valence-electron chi connectivity index (χ0n) is 14.8. The summed E-state index contributed by atoms with van der Waals surface area (Å²) in [5.41, 5.74) is 1.19. The number of aryl methyl sites for hydroxylation is 1. The summed E-state index contributed by atoms with van der Waals surface area (Å²) in [6, 6.07) is 2.10. The van der Waals surface area contributed by atoms with Crippen LogP contribution in [0, 0.1) is 0 Å². The Morgan fingerprint density at radius 3 is 2.71 bits per heavy atom. The van der Waals surface area contributed by atoms with Gasteiger partial charge in [-0.1, -0.05) is 0 Å². The molecule has 1 N–H and O–H groups in total. The quantitative estimate of drug-likeness (QED) is 0.190. The maximum Gasteiger partial charge on any atom is 0.305 e. The Balaban J connectivity index is 0.00000529. The van der Waals surface area contributed by atoms with Gasteiger partial charge in [0.05, 0.1) is 13.2 Å². The highest BCUT2D eigenvalue weighted by molar-refractivity contribution is 14.0. The molecule has 6 nitrogen and oxygen atoms in total. The van der Waals surface area contributed by atoms with Crippen LogP contribution in [0.2, 0.25) is 0 Å². The largest absolute Gasteiger partial charge is 0.466 e. The Morgan fingerprint density at radius 1 is 1.46 bits per heavy atom. The molecule has 24 heavy (non-hydrogen) atoms. The average Bonchev–Trinajstić information content (AvgIpc) is 2.80. The van der Waals surface area contributed by atoms with Gasteiger partial charge in [-0.2, -0.15) is 0 Å². The Labute approximate surface area is 170 Å². The highest BCUT2D eigenvalue weighted by Crippen LogP contribution is 2.15. The molecule has 0 aromatic carbocycles. The molecule has 0 aliphatic heterocycles. The number of guanidine groups is 1. The van der Waals surface area contributed by atoms with Gasteiger partial charge in [-0.25, -0.2) is 0 Å². The Hall–Kier alpha value is -0.770. The van der Waals surface area contributed by atoms with E-state index in [4.69, 9.17) is 4.74 Å². The first kappa shape index (κ1) is 23.2. The van der Waals surface area contributed by atoms with Gasteiger partial charge < -0.3 is 19.5 Å². The van der Waals surface area contributed by atoms with E-state index in [1.807, 2.05) is 34.1 Å². The number of aromatic nitrogens is 1. The Bertz CT molecular complexity index is 534. The third kappa shape index (κ3) is 8.36. The van der Waals surface area contributed by atoms with Crippen molar-refractivity contribution in [3.63, 3.8) is 0 Å². The van der Waals surface area contributed by atoms with Crippen molar-refractivity contribution >= 4 is 51.8 Å². The second-order valence-corrected chi connectivity index (χ2v) is 6.18. The van der Waals surface area contributed by atoms with E-state index in [0.29, 0.717) is 26.0 Å². The second-order valence-electron chi connectivity index (χ2n) is 5.26. The maximum absolute atomic E-state index is 11.3. The van der Waals surface area contributed by atoms with Crippen LogP contribution >= 0.6 is 39.9 Å². The van der Waals surface area contributed by atoms with E-state index in [1.165, 1.54) is 5.69 Å². The maximum atomic E-state index is 11.3. The molecule has 0 amide bonds. The van der Waals surface area contributed by atoms with Gasteiger partial charge in [0.2, 0.25) is 0 Å². The molecular formula is C16H28BrIN4O2. The molecule has 0 spiro atoms. The molecular weight excluding hydrogens is 487 g/mol. The van der Waals surface area contributed by atoms with Crippen molar-refractivity contribution in [2.45, 2.75) is 33.2 Å². The molecule has 0 radical (unpaired) electrons. The normalized spacial score (nSPS) is 11.0. The van der Waals surface area contributed by atoms with E-state index in [9.17, 15) is 4.79 Å². The van der Waals surface area contributed by atoms with Crippen LogP contribution in [0.5, 0.6) is 0 Å². The standard InChI is InChI=1S/C16H27BrN4O2.HI/c1-5-18-16(19-9-7-8-15(22)23-6-2)21(4)12-14-10-13(17)11-20(14)3;/h10-11H,5-9,12H2,1-4H3,(H,18,19);1H. The topological polar surface area (TPSA) is 58.9 Å². The summed E-state index contributed by atoms with van der Waals surface area (Å²) in [6.07, 6.45) is 3.13. The van der Waals surface area contributed by atoms with E-state index in [1.54, 1.807) is 0 Å². The third-order valence-corrected chi connectivity index (χ3v) is 3.71. The van der Waals surface area contributed by atoms with Crippen LogP contribution in [0.4, 0.5) is 0 Å². The molecule has 0 bridgehead atoms. The predicted octanol–water partition coefficient (Wildman–Crippen LogP) is 3.15. The first-order valence-corrected chi connectivity index (χ1v) is 8.73. The fourth-order valence-corrected chi connectivity index (χ4v) is 2.72. The lowest BCUT2D eigenvalue weighted by atomic mass is 10.3. The molecule has 0 saturated heterocycles. The van der Waals surface area contributed by atoms with E-state index < -0.39 is 0 Å². The Morgan fingerprint density at radius 2 is 2.17 bits per heavy atom. The summed E-state index contributed by atoms with van der Waals surface area (Å²) >= 11 is 3.49. The number of aliphatic imine (C=N–C) groups is 1. The second kappa shape index (κ2) is 12.6. The minimum Gasteiger partial charge on any atom is -0.466 e. The van der Waals surface area contributed by atoms with E-state index in [0.717, 1.165) is 23.5 Å². The van der Waals surface area contributed by atoms with E-state index in [-0.39, 0.29) is 29.9 Å². The highest BCUT2D eigenvalue weighted by atomic mass is 127. The molecule has 138 valence electrons. The van der Waals surface area contributed by atoms with E-state index in [2.05, 4.69) is 41.8 Å². The SMILES string of the molecule is CCNC(=NCCCC(=O)OCC)N(C)Cc1cc(Br)cn1C.I. The minimum absolute atomic E-state index is 0. The zero-order valence-corrected chi connectivity index (χ0v) is 18.8. The summed E-state index contributed by atoms with van der Waals surface area (Å²) in [6.45, 7) is 6.45. The number of esters is 1. The molecule has 1 heterocycles. The number of nitrogens with zero attached hydrogens (tertiary/aromatic N) is 3. The fourth-order valence-electron chi connectivity index (χ4n) is 2.15. The van der Waals surface area contributed by atoms with Crippen molar-refractivity contribution < 1.29 is 9.53 Å². The zero-order chi connectivity index (χ0) is 17.2. The highest BCUT2D eigenvalue weighted by Gasteiger charge is 2.09. The van der Waals surface area contributed by atoms with Crippen LogP contribution in [0.1, 0.15) is 32.4 Å². The molecule has 0 aliphatic rings. The van der Waals surface area contributed by atoms with Gasteiger partial charge in [0, 0.05) is 50.0 Å². The number of ether oxygens (including phenoxy) is 1. The minimum atomic E-state index is -0.158. The van der Waals surface area contributed by atoms with Gasteiger partial charge in [-0.3, -0.25) is 9.79 Å². The lowest BCUT2D eigenvalue weighted by Gasteiger charge is -2.22. The van der Waals surface area contributed by atoms with Gasteiger partial charge in [0.15, 0.2) is 5.96 Å². The predicted molar refractivity (Wildman–Crippen MR) is 112 cm³/mol. The third-order valence-electron chi connectivity index (χ3n) is 3.28. The average molecular weight is 515 g/mol. The number of hydrogen-bond acceptors (Lipinski definition) is 3. The van der Waals surface area contributed by atoms with Crippen LogP contribution < -0.4 is 5.32 Å². The van der Waals surface area contributed by atoms with Crippen molar-refractivity contribution in [2.24, 2.45) is 12.0 Å². The number of rotatable bonds is 8. The molecule has 0 aliphatic carbocycles. The molecule has 8 heteroatoms. The number of hydrogen-bond donors (Lipinski definition) is 1. The molecule has 0 fully saturated rings. The number of carbonyl (C=O) groups is 1. The Kier molecular flexibility index (Phi) is 12.2. The van der Waals surface area contributed by atoms with Gasteiger partial charge in [-0.05, 0) is 42.3 Å². The van der Waals surface area contributed by atoms with Crippen molar-refractivity contribution in [2.75, 3.05) is 26.7 Å². The van der Waals surface area contributed by atoms with Gasteiger partial charge >= 0.3 is 5.97 Å². The lowest BCUT2D eigenvalue weighted by molar-refractivity contribution is -0.143. The molecule has 0 atom stereocenters. The van der Waals surface area contributed by atoms with Crippen LogP contribution in [0.25, 0.3) is 0 Å². The lowest BCUT2D eigenvalue weighted by Crippen LogP contribution is -2.38. The number of nitrogens with one attached hydrogen (secondary N) is 1. The molecule has 1 aromatic rings. The van der Waals surface area contributed by atoms with Gasteiger partial charge in [0.1, 0.15) is 0 Å². The summed E-state index contributed by atoms with van der Waals surface area (Å²) < 4.78 is 8.08. The van der Waals surface area contributed by atoms with Crippen molar-refractivity contribution in [1.29, 1.82) is 0 Å². The summed E-state index contributed by atoms with van der Waals surface area (Å²) in [7, 11) is 4.03. The van der Waals surface area contributed by atoms with Crippen LogP contribution in [0.15, 0.2) is 21.7 Å². The summed E-state index contributed by atoms with van der Waals surface area (Å²) in [5, 5.41) is 3.28. The van der Waals surface area contributed by atoms with Crippen molar-refractivity contribution in [3.05, 3.63) is 22.4 Å². The molecule has 1 aromatic heterocycles. The van der Waals surface area contributed by atoms with Crippen molar-refractivity contribution in [3.8, 4) is 0 Å². The number of halogens is 2. The molecule has 1 rings (SSSR count). The first-order valence-electron chi connectivity index (χ1n) is 7.93. The summed E-state index contributed by atoms with van der Waals surface area (Å²) in [4.78, 5) is 18.0. The van der Waals surface area contributed by atoms with Crippen LogP contribution in [0.3, 0.4) is 0 Å². The van der Waals surface area contributed by atoms with Crippen LogP contribution in [-0.4, -0.2) is 48.1 Å². The molecule has 0 saturated carbocycles. The number of carbonyl (C=O) groups excluding carboxylic acids is 1. The van der Waals surface area contributed by atoms with Gasteiger partial charge in [-0.15, -0.1) is 24.0 Å². The molecule has 0 unspecified atom stereocenters. The van der Waals surface area contributed by atoms with Crippen molar-refractivity contribution in [1.82, 2.24) is 14.8 Å². The van der Waals surface area contributed by atoms with Gasteiger partial charge in [0.25, 0.3) is 0 Å². The first-order chi connectivity index (χ1) is 11.0. The smallest absolute Gasteiger partial charge is 0.305 e. The van der Waals surface area contributed by atoms with E-state index >= 15 is 0 Å². The fraction of sp³-hybridized carbons (Fsp3) is 0.625.